The van der Waals surface area contributed by atoms with Crippen LogP contribution >= 0.6 is 0 Å². The van der Waals surface area contributed by atoms with Crippen LogP contribution in [0.5, 0.6) is 0 Å². The number of rotatable bonds is 4. The second-order valence-corrected chi connectivity index (χ2v) is 6.64. The first kappa shape index (κ1) is 17.2. The number of aromatic nitrogens is 2. The van der Waals surface area contributed by atoms with Crippen molar-refractivity contribution in [3.8, 4) is 0 Å². The summed E-state index contributed by atoms with van der Waals surface area (Å²) in [6.45, 7) is -0.0914. The minimum absolute atomic E-state index is 0.0914. The summed E-state index contributed by atoms with van der Waals surface area (Å²) < 4.78 is 0. The number of imidazole rings is 1. The molecule has 3 aromatic rings. The molecule has 6 heteroatoms. The summed E-state index contributed by atoms with van der Waals surface area (Å²) in [6.07, 6.45) is 6.69. The number of aliphatic hydroxyl groups is 1. The predicted octanol–water partition coefficient (Wildman–Crippen LogP) is 2.96. The molecule has 2 aromatic carbocycles. The molecule has 1 aliphatic rings. The number of hydroxylamine groups is 1. The molecule has 0 saturated heterocycles. The number of aromatic amines is 1. The van der Waals surface area contributed by atoms with E-state index in [1.165, 1.54) is 0 Å². The minimum atomic E-state index is -0.642. The van der Waals surface area contributed by atoms with Gasteiger partial charge in [0.15, 0.2) is 0 Å². The third kappa shape index (κ3) is 3.05. The van der Waals surface area contributed by atoms with Crippen LogP contribution in [0.1, 0.15) is 28.2 Å². The number of hydrogen-bond donors (Lipinski definition) is 4. The van der Waals surface area contributed by atoms with E-state index in [9.17, 15) is 9.90 Å². The highest BCUT2D eigenvalue weighted by Crippen LogP contribution is 2.35. The Labute approximate surface area is 155 Å². The van der Waals surface area contributed by atoms with E-state index >= 15 is 0 Å². The molecule has 1 aliphatic carbocycles. The topological polar surface area (TPSA) is 98.2 Å². The molecule has 136 valence electrons. The fourth-order valence-electron chi connectivity index (χ4n) is 3.34. The molecule has 4 rings (SSSR count). The van der Waals surface area contributed by atoms with Crippen LogP contribution in [0.15, 0.2) is 66.8 Å². The van der Waals surface area contributed by atoms with Gasteiger partial charge in [0.25, 0.3) is 5.91 Å². The number of amides is 1. The molecular weight excluding hydrogens is 342 g/mol. The summed E-state index contributed by atoms with van der Waals surface area (Å²) in [7, 11) is 0. The van der Waals surface area contributed by atoms with E-state index in [2.05, 4.69) is 28.2 Å². The first-order valence-corrected chi connectivity index (χ1v) is 8.65. The van der Waals surface area contributed by atoms with E-state index < -0.39 is 11.3 Å². The van der Waals surface area contributed by atoms with Gasteiger partial charge in [0.1, 0.15) is 5.82 Å². The van der Waals surface area contributed by atoms with Crippen molar-refractivity contribution in [3.63, 3.8) is 0 Å². The highest BCUT2D eigenvalue weighted by atomic mass is 16.5. The zero-order valence-electron chi connectivity index (χ0n) is 14.5. The Balaban J connectivity index is 1.68. The lowest BCUT2D eigenvalue weighted by Crippen LogP contribution is -2.30. The molecule has 1 atom stereocenters. The van der Waals surface area contributed by atoms with Crippen molar-refractivity contribution >= 4 is 22.5 Å². The summed E-state index contributed by atoms with van der Waals surface area (Å²) in [5.41, 5.74) is 4.91. The van der Waals surface area contributed by atoms with Gasteiger partial charge in [-0.1, -0.05) is 48.6 Å². The summed E-state index contributed by atoms with van der Waals surface area (Å²) in [5, 5.41) is 18.9. The summed E-state index contributed by atoms with van der Waals surface area (Å²) in [4.78, 5) is 19.4. The van der Waals surface area contributed by atoms with Crippen LogP contribution in [0, 0.1) is 0 Å². The zero-order valence-corrected chi connectivity index (χ0v) is 14.5. The SMILES string of the molecule is O=C(NO)c1ccc2nc(C3(CO)C=CC(c4ccccc4)=CC3)[nH]c2c1. The Hall–Kier alpha value is -3.22. The van der Waals surface area contributed by atoms with Crippen LogP contribution in [0.3, 0.4) is 0 Å². The Morgan fingerprint density at radius 1 is 1.22 bits per heavy atom. The van der Waals surface area contributed by atoms with Crippen LogP contribution in [-0.4, -0.2) is 32.8 Å². The van der Waals surface area contributed by atoms with E-state index in [1.807, 2.05) is 30.4 Å². The standard InChI is InChI=1S/C21H19N3O3/c25-13-21(10-8-15(9-11-21)14-4-2-1-3-5-14)20-22-17-7-6-16(19(26)24-27)12-18(17)23-20/h1-10,12,25,27H,11,13H2,(H,22,23)(H,24,26). The Kier molecular flexibility index (Phi) is 4.35. The first-order valence-electron chi connectivity index (χ1n) is 8.65. The number of benzene rings is 2. The van der Waals surface area contributed by atoms with Gasteiger partial charge in [0.05, 0.1) is 23.1 Å². The first-order chi connectivity index (χ1) is 13.1. The quantitative estimate of drug-likeness (QED) is 0.424. The fourth-order valence-corrected chi connectivity index (χ4v) is 3.34. The lowest BCUT2D eigenvalue weighted by atomic mass is 9.79. The molecule has 0 fully saturated rings. The van der Waals surface area contributed by atoms with Crippen LogP contribution in [0.25, 0.3) is 16.6 Å². The molecule has 6 nitrogen and oxygen atoms in total. The Morgan fingerprint density at radius 3 is 2.70 bits per heavy atom. The van der Waals surface area contributed by atoms with Crippen LogP contribution in [0.4, 0.5) is 0 Å². The van der Waals surface area contributed by atoms with E-state index in [0.29, 0.717) is 28.8 Å². The predicted molar refractivity (Wildman–Crippen MR) is 102 cm³/mol. The number of H-pyrrole nitrogens is 1. The second kappa shape index (κ2) is 6.83. The normalized spacial score (nSPS) is 19.1. The third-order valence-electron chi connectivity index (χ3n) is 4.97. The monoisotopic (exact) mass is 361 g/mol. The number of aliphatic hydroxyl groups excluding tert-OH is 1. The summed E-state index contributed by atoms with van der Waals surface area (Å²) in [6, 6.07) is 15.0. The molecule has 0 spiro atoms. The van der Waals surface area contributed by atoms with Crippen molar-refractivity contribution in [2.24, 2.45) is 0 Å². The summed E-state index contributed by atoms with van der Waals surface area (Å²) >= 11 is 0. The van der Waals surface area contributed by atoms with Gasteiger partial charge in [-0.15, -0.1) is 0 Å². The molecule has 0 bridgehead atoms. The molecule has 0 radical (unpaired) electrons. The highest BCUT2D eigenvalue weighted by molar-refractivity contribution is 5.96. The Bertz CT molecular complexity index is 1050. The van der Waals surface area contributed by atoms with Gasteiger partial charge in [0.2, 0.25) is 0 Å². The molecule has 4 N–H and O–H groups in total. The van der Waals surface area contributed by atoms with Crippen molar-refractivity contribution in [2.75, 3.05) is 6.61 Å². The maximum Gasteiger partial charge on any atom is 0.274 e. The second-order valence-electron chi connectivity index (χ2n) is 6.64. The van der Waals surface area contributed by atoms with E-state index in [0.717, 1.165) is 11.1 Å². The van der Waals surface area contributed by atoms with Crippen molar-refractivity contribution < 1.29 is 15.1 Å². The molecule has 0 saturated carbocycles. The van der Waals surface area contributed by atoms with Crippen LogP contribution < -0.4 is 5.48 Å². The van der Waals surface area contributed by atoms with Gasteiger partial charge in [-0.25, -0.2) is 10.5 Å². The van der Waals surface area contributed by atoms with E-state index in [-0.39, 0.29) is 6.61 Å². The van der Waals surface area contributed by atoms with Gasteiger partial charge in [-0.05, 0) is 35.8 Å². The van der Waals surface area contributed by atoms with Gasteiger partial charge < -0.3 is 10.1 Å². The maximum absolute atomic E-state index is 11.6. The number of allylic oxidation sites excluding steroid dienone is 3. The number of nitrogens with one attached hydrogen (secondary N) is 2. The number of fused-ring (bicyclic) bond motifs is 1. The van der Waals surface area contributed by atoms with Crippen molar-refractivity contribution in [3.05, 3.63) is 83.7 Å². The highest BCUT2D eigenvalue weighted by Gasteiger charge is 2.33. The number of hydrogen-bond acceptors (Lipinski definition) is 4. The van der Waals surface area contributed by atoms with Gasteiger partial charge in [-0.3, -0.25) is 10.0 Å². The molecule has 1 aromatic heterocycles. The van der Waals surface area contributed by atoms with E-state index in [1.54, 1.807) is 23.7 Å². The zero-order chi connectivity index (χ0) is 18.9. The molecular formula is C21H19N3O3. The van der Waals surface area contributed by atoms with Gasteiger partial charge in [0, 0.05) is 5.56 Å². The lowest BCUT2D eigenvalue weighted by molar-refractivity contribution is 0.0706. The van der Waals surface area contributed by atoms with Gasteiger partial charge in [-0.2, -0.15) is 0 Å². The number of carbonyl (C=O) groups is 1. The van der Waals surface area contributed by atoms with Crippen LogP contribution in [0.2, 0.25) is 0 Å². The van der Waals surface area contributed by atoms with Gasteiger partial charge >= 0.3 is 0 Å². The largest absolute Gasteiger partial charge is 0.395 e. The van der Waals surface area contributed by atoms with E-state index in [4.69, 9.17) is 5.21 Å². The molecule has 1 heterocycles. The smallest absolute Gasteiger partial charge is 0.274 e. The maximum atomic E-state index is 11.6. The van der Waals surface area contributed by atoms with Crippen molar-refractivity contribution in [1.82, 2.24) is 15.4 Å². The number of carbonyl (C=O) groups excluding carboxylic acids is 1. The molecule has 1 amide bonds. The van der Waals surface area contributed by atoms with Crippen LogP contribution in [-0.2, 0) is 5.41 Å². The molecule has 27 heavy (non-hydrogen) atoms. The van der Waals surface area contributed by atoms with Crippen molar-refractivity contribution in [2.45, 2.75) is 11.8 Å². The van der Waals surface area contributed by atoms with Crippen molar-refractivity contribution in [1.29, 1.82) is 0 Å². The molecule has 1 unspecified atom stereocenters. The average molecular weight is 361 g/mol. The summed E-state index contributed by atoms with van der Waals surface area (Å²) in [5.74, 6) is 0.0547. The number of nitrogens with zero attached hydrogens (tertiary/aromatic N) is 1. The lowest BCUT2D eigenvalue weighted by Gasteiger charge is -2.28. The fraction of sp³-hybridized carbons (Fsp3) is 0.143. The Morgan fingerprint density at radius 2 is 2.04 bits per heavy atom. The minimum Gasteiger partial charge on any atom is -0.395 e. The third-order valence-corrected chi connectivity index (χ3v) is 4.97. The molecule has 0 aliphatic heterocycles. The average Bonchev–Trinajstić information content (AvgIpc) is 3.18.